The van der Waals surface area contributed by atoms with E-state index in [1.165, 1.54) is 0 Å². The van der Waals surface area contributed by atoms with Gasteiger partial charge in [-0.25, -0.2) is 0 Å². The molecule has 1 aliphatic heterocycles. The largest absolute Gasteiger partial charge is 0.480 e. The van der Waals surface area contributed by atoms with Crippen LogP contribution in [0.25, 0.3) is 0 Å². The summed E-state index contributed by atoms with van der Waals surface area (Å²) in [5.74, 6) is -0.676. The highest BCUT2D eigenvalue weighted by molar-refractivity contribution is 5.78. The van der Waals surface area contributed by atoms with Crippen LogP contribution in [0.3, 0.4) is 0 Å². The molecule has 4 nitrogen and oxygen atoms in total. The van der Waals surface area contributed by atoms with Gasteiger partial charge in [0.2, 0.25) is 0 Å². The topological polar surface area (TPSA) is 43.8 Å². The minimum atomic E-state index is -0.676. The Bertz CT molecular complexity index is 231. The van der Waals surface area contributed by atoms with Gasteiger partial charge in [-0.3, -0.25) is 9.69 Å². The van der Waals surface area contributed by atoms with E-state index in [2.05, 4.69) is 11.8 Å². The van der Waals surface area contributed by atoms with Gasteiger partial charge < -0.3 is 10.0 Å². The van der Waals surface area contributed by atoms with Gasteiger partial charge in [-0.2, -0.15) is 0 Å². The first-order chi connectivity index (χ1) is 7.03. The highest BCUT2D eigenvalue weighted by Gasteiger charge is 2.41. The number of aliphatic carboxylic acids is 1. The van der Waals surface area contributed by atoms with Gasteiger partial charge in [0, 0.05) is 6.54 Å². The van der Waals surface area contributed by atoms with Gasteiger partial charge in [-0.15, -0.1) is 0 Å². The Morgan fingerprint density at radius 1 is 1.40 bits per heavy atom. The maximum Gasteiger partial charge on any atom is 0.324 e. The standard InChI is InChI=1S/C11H22N2O2/c1-4-13-8-5-6-11(7-9-13,10(14)15)12(2)3/h4-9H2,1-3H3,(H,14,15). The van der Waals surface area contributed by atoms with E-state index in [0.29, 0.717) is 0 Å². The second kappa shape index (κ2) is 4.94. The highest BCUT2D eigenvalue weighted by atomic mass is 16.4. The van der Waals surface area contributed by atoms with Gasteiger partial charge in [0.15, 0.2) is 0 Å². The summed E-state index contributed by atoms with van der Waals surface area (Å²) in [7, 11) is 3.74. The summed E-state index contributed by atoms with van der Waals surface area (Å²) in [5.41, 5.74) is -0.649. The van der Waals surface area contributed by atoms with E-state index < -0.39 is 11.5 Å². The third-order valence-corrected chi connectivity index (χ3v) is 3.61. The Hall–Kier alpha value is -0.610. The molecule has 88 valence electrons. The van der Waals surface area contributed by atoms with Gasteiger partial charge in [0.05, 0.1) is 0 Å². The molecule has 1 unspecified atom stereocenters. The molecule has 0 amide bonds. The van der Waals surface area contributed by atoms with Crippen molar-refractivity contribution >= 4 is 5.97 Å². The van der Waals surface area contributed by atoms with E-state index in [-0.39, 0.29) is 0 Å². The first-order valence-corrected chi connectivity index (χ1v) is 5.66. The minimum Gasteiger partial charge on any atom is -0.480 e. The molecule has 1 heterocycles. The average molecular weight is 214 g/mol. The predicted octanol–water partition coefficient (Wildman–Crippen LogP) is 0.877. The van der Waals surface area contributed by atoms with Crippen molar-refractivity contribution in [1.82, 2.24) is 9.80 Å². The Morgan fingerprint density at radius 2 is 2.07 bits per heavy atom. The van der Waals surface area contributed by atoms with Crippen molar-refractivity contribution in [1.29, 1.82) is 0 Å². The van der Waals surface area contributed by atoms with Crippen LogP contribution in [0.4, 0.5) is 0 Å². The lowest BCUT2D eigenvalue weighted by atomic mass is 9.89. The van der Waals surface area contributed by atoms with Crippen molar-refractivity contribution in [2.45, 2.75) is 31.7 Å². The number of carboxylic acids is 1. The molecular weight excluding hydrogens is 192 g/mol. The predicted molar refractivity (Wildman–Crippen MR) is 60.0 cm³/mol. The molecule has 0 aliphatic carbocycles. The fraction of sp³-hybridized carbons (Fsp3) is 0.909. The zero-order valence-corrected chi connectivity index (χ0v) is 9.99. The lowest BCUT2D eigenvalue weighted by Gasteiger charge is -2.35. The fourth-order valence-electron chi connectivity index (χ4n) is 2.34. The van der Waals surface area contributed by atoms with Crippen LogP contribution in [0.5, 0.6) is 0 Å². The van der Waals surface area contributed by atoms with E-state index in [0.717, 1.165) is 38.9 Å². The summed E-state index contributed by atoms with van der Waals surface area (Å²) in [6.07, 6.45) is 2.45. The summed E-state index contributed by atoms with van der Waals surface area (Å²) < 4.78 is 0. The maximum absolute atomic E-state index is 11.4. The SMILES string of the molecule is CCN1CCCC(C(=O)O)(N(C)C)CC1. The number of hydrogen-bond acceptors (Lipinski definition) is 3. The average Bonchev–Trinajstić information content (AvgIpc) is 2.39. The number of carboxylic acid groups (broad SMARTS) is 1. The molecule has 0 bridgehead atoms. The number of carbonyl (C=O) groups is 1. The van der Waals surface area contributed by atoms with Crippen LogP contribution in [-0.2, 0) is 4.79 Å². The van der Waals surface area contributed by atoms with E-state index in [9.17, 15) is 9.90 Å². The van der Waals surface area contributed by atoms with Crippen LogP contribution in [0.2, 0.25) is 0 Å². The number of likely N-dealkylation sites (N-methyl/N-ethyl adjacent to an activating group) is 1. The zero-order chi connectivity index (χ0) is 11.5. The second-order valence-corrected chi connectivity index (χ2v) is 4.52. The fourth-order valence-corrected chi connectivity index (χ4v) is 2.34. The van der Waals surface area contributed by atoms with E-state index in [1.807, 2.05) is 19.0 Å². The Morgan fingerprint density at radius 3 is 2.53 bits per heavy atom. The van der Waals surface area contributed by atoms with Crippen molar-refractivity contribution in [2.24, 2.45) is 0 Å². The quantitative estimate of drug-likeness (QED) is 0.757. The monoisotopic (exact) mass is 214 g/mol. The number of nitrogens with zero attached hydrogens (tertiary/aromatic N) is 2. The molecule has 15 heavy (non-hydrogen) atoms. The Labute approximate surface area is 91.9 Å². The lowest BCUT2D eigenvalue weighted by molar-refractivity contribution is -0.150. The second-order valence-electron chi connectivity index (χ2n) is 4.52. The zero-order valence-electron chi connectivity index (χ0n) is 9.99. The smallest absolute Gasteiger partial charge is 0.324 e. The Kier molecular flexibility index (Phi) is 4.11. The molecule has 1 N–H and O–H groups in total. The highest BCUT2D eigenvalue weighted by Crippen LogP contribution is 2.27. The summed E-state index contributed by atoms with van der Waals surface area (Å²) in [5, 5.41) is 9.38. The molecule has 0 saturated carbocycles. The Balaban J connectivity index is 2.78. The molecule has 0 aromatic rings. The van der Waals surface area contributed by atoms with Gasteiger partial charge in [0.1, 0.15) is 5.54 Å². The number of rotatable bonds is 3. The molecule has 0 radical (unpaired) electrons. The van der Waals surface area contributed by atoms with Crippen molar-refractivity contribution in [3.63, 3.8) is 0 Å². The molecule has 1 aliphatic rings. The van der Waals surface area contributed by atoms with Gasteiger partial charge in [0.25, 0.3) is 0 Å². The van der Waals surface area contributed by atoms with Crippen LogP contribution in [0, 0.1) is 0 Å². The summed E-state index contributed by atoms with van der Waals surface area (Å²) in [4.78, 5) is 15.6. The minimum absolute atomic E-state index is 0.649. The number of likely N-dealkylation sites (tertiary alicyclic amines) is 1. The van der Waals surface area contributed by atoms with Crippen molar-refractivity contribution in [3.05, 3.63) is 0 Å². The molecule has 1 atom stereocenters. The third kappa shape index (κ3) is 2.49. The van der Waals surface area contributed by atoms with Crippen molar-refractivity contribution in [2.75, 3.05) is 33.7 Å². The van der Waals surface area contributed by atoms with Crippen LogP contribution in [0.15, 0.2) is 0 Å². The molecule has 1 saturated heterocycles. The molecule has 0 aromatic carbocycles. The van der Waals surface area contributed by atoms with Crippen LogP contribution >= 0.6 is 0 Å². The summed E-state index contributed by atoms with van der Waals surface area (Å²) in [6.45, 7) is 5.06. The third-order valence-electron chi connectivity index (χ3n) is 3.61. The van der Waals surface area contributed by atoms with Crippen LogP contribution < -0.4 is 0 Å². The van der Waals surface area contributed by atoms with Crippen molar-refractivity contribution < 1.29 is 9.90 Å². The summed E-state index contributed by atoms with van der Waals surface area (Å²) in [6, 6.07) is 0. The normalized spacial score (nSPS) is 29.1. The summed E-state index contributed by atoms with van der Waals surface area (Å²) >= 11 is 0. The number of hydrogen-bond donors (Lipinski definition) is 1. The first-order valence-electron chi connectivity index (χ1n) is 5.66. The molecule has 4 heteroatoms. The maximum atomic E-state index is 11.4. The molecule has 0 aromatic heterocycles. The van der Waals surface area contributed by atoms with Crippen molar-refractivity contribution in [3.8, 4) is 0 Å². The van der Waals surface area contributed by atoms with Crippen LogP contribution in [-0.4, -0.2) is 60.1 Å². The molecule has 0 spiro atoms. The van der Waals surface area contributed by atoms with E-state index >= 15 is 0 Å². The van der Waals surface area contributed by atoms with Gasteiger partial charge in [-0.05, 0) is 46.4 Å². The van der Waals surface area contributed by atoms with Gasteiger partial charge >= 0.3 is 5.97 Å². The lowest BCUT2D eigenvalue weighted by Crippen LogP contribution is -2.51. The molecule has 1 rings (SSSR count). The van der Waals surface area contributed by atoms with E-state index in [4.69, 9.17) is 0 Å². The first kappa shape index (κ1) is 12.5. The van der Waals surface area contributed by atoms with Crippen LogP contribution in [0.1, 0.15) is 26.2 Å². The van der Waals surface area contributed by atoms with Gasteiger partial charge in [-0.1, -0.05) is 6.92 Å². The van der Waals surface area contributed by atoms with E-state index in [1.54, 1.807) is 0 Å². The molecule has 1 fully saturated rings. The molecular formula is C11H22N2O2.